The Hall–Kier alpha value is -2.84. The Morgan fingerprint density at radius 3 is 2.71 bits per heavy atom. The number of carbonyl (C=O) groups is 1. The number of allylic oxidation sites excluding steroid dienone is 1. The summed E-state index contributed by atoms with van der Waals surface area (Å²) in [7, 11) is 0. The smallest absolute Gasteiger partial charge is 0.433 e. The number of pyridine rings is 1. The summed E-state index contributed by atoms with van der Waals surface area (Å²) in [6.07, 6.45) is -2.35. The Labute approximate surface area is 135 Å². The average molecular weight is 340 g/mol. The first-order valence-corrected chi connectivity index (χ1v) is 6.83. The Kier molecular flexibility index (Phi) is 4.91. The zero-order valence-corrected chi connectivity index (χ0v) is 12.8. The summed E-state index contributed by atoms with van der Waals surface area (Å²) in [6, 6.07) is 2.27. The molecule has 2 aromatic heterocycles. The summed E-state index contributed by atoms with van der Waals surface area (Å²) in [6.45, 7) is 5.42. The number of nitrogens with two attached hydrogens (primary N) is 1. The number of halogens is 3. The van der Waals surface area contributed by atoms with Crippen molar-refractivity contribution in [2.75, 3.05) is 0 Å². The van der Waals surface area contributed by atoms with Gasteiger partial charge >= 0.3 is 12.3 Å². The third-order valence-electron chi connectivity index (χ3n) is 3.07. The second-order valence-electron chi connectivity index (χ2n) is 5.14. The van der Waals surface area contributed by atoms with E-state index in [-0.39, 0.29) is 18.8 Å². The van der Waals surface area contributed by atoms with Crippen LogP contribution in [0.3, 0.4) is 0 Å². The molecule has 2 rings (SSSR count). The molecule has 9 heteroatoms. The van der Waals surface area contributed by atoms with Crippen molar-refractivity contribution in [2.45, 2.75) is 26.3 Å². The largest absolute Gasteiger partial charge is 0.445 e. The van der Waals surface area contributed by atoms with Crippen LogP contribution < -0.4 is 5.73 Å². The van der Waals surface area contributed by atoms with Gasteiger partial charge in [-0.2, -0.15) is 18.3 Å². The molecular weight excluding hydrogens is 325 g/mol. The molecule has 0 atom stereocenters. The molecule has 128 valence electrons. The Morgan fingerprint density at radius 2 is 2.12 bits per heavy atom. The zero-order chi connectivity index (χ0) is 17.9. The Morgan fingerprint density at radius 1 is 1.42 bits per heavy atom. The maximum atomic E-state index is 12.8. The van der Waals surface area contributed by atoms with Crippen molar-refractivity contribution >= 4 is 11.7 Å². The predicted molar refractivity (Wildman–Crippen MR) is 79.6 cm³/mol. The summed E-state index contributed by atoms with van der Waals surface area (Å²) < 4.78 is 44.5. The second-order valence-corrected chi connectivity index (χ2v) is 5.14. The van der Waals surface area contributed by atoms with Gasteiger partial charge in [0, 0.05) is 11.8 Å². The van der Waals surface area contributed by atoms with Crippen LogP contribution in [0.4, 0.5) is 18.0 Å². The van der Waals surface area contributed by atoms with Crippen molar-refractivity contribution in [3.05, 3.63) is 53.6 Å². The molecule has 0 spiro atoms. The van der Waals surface area contributed by atoms with Crippen LogP contribution in [0.1, 0.15) is 29.4 Å². The molecule has 6 nitrogen and oxygen atoms in total. The van der Waals surface area contributed by atoms with Gasteiger partial charge in [-0.05, 0) is 24.1 Å². The van der Waals surface area contributed by atoms with E-state index in [1.807, 2.05) is 0 Å². The van der Waals surface area contributed by atoms with E-state index in [0.717, 1.165) is 6.07 Å². The minimum absolute atomic E-state index is 0.0338. The summed E-state index contributed by atoms with van der Waals surface area (Å²) in [5.41, 5.74) is 5.64. The molecule has 0 saturated carbocycles. The van der Waals surface area contributed by atoms with Crippen molar-refractivity contribution in [3.8, 4) is 0 Å². The van der Waals surface area contributed by atoms with E-state index in [9.17, 15) is 18.0 Å². The van der Waals surface area contributed by atoms with Crippen molar-refractivity contribution in [1.82, 2.24) is 14.8 Å². The number of alkyl halides is 3. The quantitative estimate of drug-likeness (QED) is 0.907. The predicted octanol–water partition coefficient (Wildman–Crippen LogP) is 2.97. The third kappa shape index (κ3) is 4.34. The molecule has 0 saturated heterocycles. The molecule has 0 radical (unpaired) electrons. The van der Waals surface area contributed by atoms with E-state index in [1.54, 1.807) is 13.1 Å². The lowest BCUT2D eigenvalue weighted by atomic mass is 10.1. The summed E-state index contributed by atoms with van der Waals surface area (Å²) in [4.78, 5) is 14.2. The molecule has 0 fully saturated rings. The summed E-state index contributed by atoms with van der Waals surface area (Å²) in [5.74, 6) is 0. The van der Waals surface area contributed by atoms with E-state index in [4.69, 9.17) is 5.73 Å². The number of hydrogen-bond donors (Lipinski definition) is 1. The van der Waals surface area contributed by atoms with E-state index < -0.39 is 18.0 Å². The summed E-state index contributed by atoms with van der Waals surface area (Å²) in [5, 5.41) is 4.07. The highest BCUT2D eigenvalue weighted by atomic mass is 19.4. The fourth-order valence-corrected chi connectivity index (χ4v) is 2.04. The highest BCUT2D eigenvalue weighted by molar-refractivity contribution is 5.64. The minimum atomic E-state index is -4.52. The van der Waals surface area contributed by atoms with Crippen LogP contribution in [-0.4, -0.2) is 20.9 Å². The van der Waals surface area contributed by atoms with E-state index in [0.29, 0.717) is 16.7 Å². The molecule has 0 aliphatic rings. The molecule has 24 heavy (non-hydrogen) atoms. The van der Waals surface area contributed by atoms with E-state index in [2.05, 4.69) is 21.4 Å². The number of ether oxygens (including phenoxy) is 1. The van der Waals surface area contributed by atoms with Gasteiger partial charge in [0.25, 0.3) is 0 Å². The first kappa shape index (κ1) is 17.5. The topological polar surface area (TPSA) is 83.0 Å². The number of primary amides is 1. The van der Waals surface area contributed by atoms with Crippen LogP contribution in [0.15, 0.2) is 31.1 Å². The molecular formula is C15H15F3N4O2. The van der Waals surface area contributed by atoms with Gasteiger partial charge in [-0.25, -0.2) is 9.78 Å². The SMILES string of the molecule is C=C(C)c1nc(C(F)(F)F)ccc1Cn1cc(COC(N)=O)cn1. The van der Waals surface area contributed by atoms with Crippen LogP contribution in [0.5, 0.6) is 0 Å². The van der Waals surface area contributed by atoms with Gasteiger partial charge in [0.05, 0.1) is 18.4 Å². The molecule has 0 unspecified atom stereocenters. The number of aromatic nitrogens is 3. The average Bonchev–Trinajstić information content (AvgIpc) is 2.91. The monoisotopic (exact) mass is 340 g/mol. The number of carbonyl (C=O) groups excluding carboxylic acids is 1. The van der Waals surface area contributed by atoms with Crippen molar-refractivity contribution in [1.29, 1.82) is 0 Å². The van der Waals surface area contributed by atoms with Crippen LogP contribution in [0.25, 0.3) is 5.57 Å². The lowest BCUT2D eigenvalue weighted by Gasteiger charge is -2.12. The maximum Gasteiger partial charge on any atom is 0.433 e. The fraction of sp³-hybridized carbons (Fsp3) is 0.267. The zero-order valence-electron chi connectivity index (χ0n) is 12.8. The Bertz CT molecular complexity index is 768. The molecule has 2 aromatic rings. The van der Waals surface area contributed by atoms with Gasteiger partial charge in [-0.1, -0.05) is 12.6 Å². The molecule has 1 amide bonds. The van der Waals surface area contributed by atoms with Gasteiger partial charge in [0.1, 0.15) is 12.3 Å². The summed E-state index contributed by atoms with van der Waals surface area (Å²) >= 11 is 0. The van der Waals surface area contributed by atoms with E-state index in [1.165, 1.54) is 16.9 Å². The lowest BCUT2D eigenvalue weighted by molar-refractivity contribution is -0.141. The normalized spacial score (nSPS) is 11.3. The first-order valence-electron chi connectivity index (χ1n) is 6.83. The third-order valence-corrected chi connectivity index (χ3v) is 3.07. The molecule has 2 heterocycles. The van der Waals surface area contributed by atoms with Gasteiger partial charge in [-0.15, -0.1) is 0 Å². The highest BCUT2D eigenvalue weighted by Gasteiger charge is 2.33. The number of nitrogens with zero attached hydrogens (tertiary/aromatic N) is 3. The molecule has 0 bridgehead atoms. The van der Waals surface area contributed by atoms with Crippen molar-refractivity contribution in [2.24, 2.45) is 5.73 Å². The van der Waals surface area contributed by atoms with Gasteiger partial charge in [-0.3, -0.25) is 4.68 Å². The van der Waals surface area contributed by atoms with Crippen LogP contribution in [0.2, 0.25) is 0 Å². The highest BCUT2D eigenvalue weighted by Crippen LogP contribution is 2.29. The molecule has 0 aliphatic carbocycles. The number of amides is 1. The van der Waals surface area contributed by atoms with Gasteiger partial charge < -0.3 is 10.5 Å². The maximum absolute atomic E-state index is 12.8. The van der Waals surface area contributed by atoms with Gasteiger partial charge in [0.15, 0.2) is 0 Å². The number of hydrogen-bond acceptors (Lipinski definition) is 4. The Balaban J connectivity index is 2.23. The van der Waals surface area contributed by atoms with Crippen LogP contribution in [0, 0.1) is 0 Å². The van der Waals surface area contributed by atoms with E-state index >= 15 is 0 Å². The van der Waals surface area contributed by atoms with Crippen molar-refractivity contribution < 1.29 is 22.7 Å². The van der Waals surface area contributed by atoms with Crippen molar-refractivity contribution in [3.63, 3.8) is 0 Å². The molecule has 0 aliphatic heterocycles. The first-order chi connectivity index (χ1) is 11.2. The number of rotatable bonds is 5. The second kappa shape index (κ2) is 6.73. The molecule has 2 N–H and O–H groups in total. The minimum Gasteiger partial charge on any atom is -0.445 e. The van der Waals surface area contributed by atoms with Crippen LogP contribution >= 0.6 is 0 Å². The molecule has 0 aromatic carbocycles. The standard InChI is InChI=1S/C15H15F3N4O2/c1-9(2)13-11(3-4-12(21-13)15(16,17)18)7-22-6-10(5-20-22)8-24-14(19)23/h3-6H,1,7-8H2,2H3,(H2,19,23). The lowest BCUT2D eigenvalue weighted by Crippen LogP contribution is -2.12. The van der Waals surface area contributed by atoms with Gasteiger partial charge in [0.2, 0.25) is 0 Å². The van der Waals surface area contributed by atoms with Crippen LogP contribution in [-0.2, 0) is 24.1 Å². The fourth-order valence-electron chi connectivity index (χ4n) is 2.04.